The van der Waals surface area contributed by atoms with E-state index in [1.807, 2.05) is 0 Å². The van der Waals surface area contributed by atoms with Crippen LogP contribution in [0, 0.1) is 5.92 Å². The van der Waals surface area contributed by atoms with Gasteiger partial charge in [0.05, 0.1) is 51.5 Å². The molecule has 3 aromatic rings. The van der Waals surface area contributed by atoms with Crippen molar-refractivity contribution in [3.05, 3.63) is 34.2 Å². The lowest BCUT2D eigenvalue weighted by Gasteiger charge is -2.34. The Balaban J connectivity index is 1.57. The third kappa shape index (κ3) is 4.44. The second-order valence-corrected chi connectivity index (χ2v) is 10.3. The van der Waals surface area contributed by atoms with Gasteiger partial charge < -0.3 is 34.9 Å². The van der Waals surface area contributed by atoms with Crippen molar-refractivity contribution in [2.75, 3.05) is 56.5 Å². The van der Waals surface area contributed by atoms with Crippen molar-refractivity contribution in [3.63, 3.8) is 0 Å². The van der Waals surface area contributed by atoms with E-state index < -0.39 is 0 Å². The molecule has 0 radical (unpaired) electrons. The normalized spacial score (nSPS) is 17.8. The van der Waals surface area contributed by atoms with Crippen LogP contribution in [0.5, 0.6) is 11.5 Å². The number of nitrogens with zero attached hydrogens (tertiary/aromatic N) is 2. The minimum atomic E-state index is -0.298. The lowest BCUT2D eigenvalue weighted by atomic mass is 9.91. The number of carbonyl (C=O) groups is 1. The van der Waals surface area contributed by atoms with Crippen molar-refractivity contribution in [1.82, 2.24) is 4.98 Å². The van der Waals surface area contributed by atoms with E-state index in [9.17, 15) is 4.79 Å². The number of thiophene rings is 1. The maximum atomic E-state index is 13.4. The van der Waals surface area contributed by atoms with Gasteiger partial charge in [-0.2, -0.15) is 0 Å². The Kier molecular flexibility index (Phi) is 6.92. The van der Waals surface area contributed by atoms with Crippen LogP contribution in [0.15, 0.2) is 18.2 Å². The number of methoxy groups -OCH3 is 2. The molecule has 2 aliphatic rings. The summed E-state index contributed by atoms with van der Waals surface area (Å²) in [5.41, 5.74) is 9.87. The molecule has 36 heavy (non-hydrogen) atoms. The van der Waals surface area contributed by atoms with Crippen LogP contribution in [-0.2, 0) is 22.5 Å². The lowest BCUT2D eigenvalue weighted by Crippen LogP contribution is -2.38. The predicted octanol–water partition coefficient (Wildman–Crippen LogP) is 4.08. The number of amides is 1. The fourth-order valence-corrected chi connectivity index (χ4v) is 5.81. The van der Waals surface area contributed by atoms with Crippen LogP contribution in [-0.4, -0.2) is 57.5 Å². The van der Waals surface area contributed by atoms with Crippen molar-refractivity contribution in [1.29, 1.82) is 0 Å². The number of ether oxygens (including phenoxy) is 4. The molecule has 1 fully saturated rings. The zero-order valence-corrected chi connectivity index (χ0v) is 21.9. The number of nitrogens with two attached hydrogens (primary N) is 1. The van der Waals surface area contributed by atoms with Gasteiger partial charge in [-0.15, -0.1) is 11.3 Å². The molecule has 1 saturated heterocycles. The number of carbonyl (C=O) groups excluding carboxylic acids is 1. The number of benzene rings is 1. The van der Waals surface area contributed by atoms with Crippen LogP contribution in [0.3, 0.4) is 0 Å². The van der Waals surface area contributed by atoms with Crippen LogP contribution < -0.4 is 25.4 Å². The topological polar surface area (TPSA) is 108 Å². The van der Waals surface area contributed by atoms with E-state index >= 15 is 0 Å². The summed E-state index contributed by atoms with van der Waals surface area (Å²) in [4.78, 5) is 21.9. The SMILES string of the molecule is COc1ccc(NC(=O)c2sc3nc(N4CCOCC4)c4c(c3c2N)C[C@H](C(C)C)OC4)c(OC)c1. The summed E-state index contributed by atoms with van der Waals surface area (Å²) in [6.45, 7) is 7.66. The molecule has 3 N–H and O–H groups in total. The Morgan fingerprint density at radius 1 is 1.22 bits per heavy atom. The van der Waals surface area contributed by atoms with Crippen molar-refractivity contribution >= 4 is 44.7 Å². The number of aromatic nitrogens is 1. The predicted molar refractivity (Wildman–Crippen MR) is 142 cm³/mol. The van der Waals surface area contributed by atoms with Gasteiger partial charge in [0.15, 0.2) is 0 Å². The standard InChI is InChI=1S/C26H32N4O5S/c1-14(2)19-12-16-17(13-35-19)24(30-7-9-34-10-8-30)29-26-21(16)22(27)23(36-26)25(31)28-18-6-5-15(32-3)11-20(18)33-4/h5-6,11,14,19H,7-10,12-13,27H2,1-4H3,(H,28,31)/t19-/m1/s1. The Bertz CT molecular complexity index is 1290. The average Bonchev–Trinajstić information content (AvgIpc) is 3.25. The maximum absolute atomic E-state index is 13.4. The van der Waals surface area contributed by atoms with Gasteiger partial charge in [0.2, 0.25) is 0 Å². The highest BCUT2D eigenvalue weighted by molar-refractivity contribution is 7.21. The molecule has 5 rings (SSSR count). The largest absolute Gasteiger partial charge is 0.497 e. The highest BCUT2D eigenvalue weighted by Gasteiger charge is 2.32. The Morgan fingerprint density at radius 3 is 2.69 bits per heavy atom. The van der Waals surface area contributed by atoms with E-state index in [2.05, 4.69) is 24.1 Å². The van der Waals surface area contributed by atoms with Gasteiger partial charge in [-0.05, 0) is 23.6 Å². The average molecular weight is 513 g/mol. The summed E-state index contributed by atoms with van der Waals surface area (Å²) < 4.78 is 22.5. The summed E-state index contributed by atoms with van der Waals surface area (Å²) in [5, 5.41) is 3.82. The van der Waals surface area contributed by atoms with E-state index in [4.69, 9.17) is 29.7 Å². The van der Waals surface area contributed by atoms with Gasteiger partial charge in [-0.1, -0.05) is 13.8 Å². The first-order chi connectivity index (χ1) is 17.4. The molecule has 0 aliphatic carbocycles. The molecule has 9 nitrogen and oxygen atoms in total. The van der Waals surface area contributed by atoms with Crippen LogP contribution in [0.4, 0.5) is 17.2 Å². The van der Waals surface area contributed by atoms with Crippen molar-refractivity contribution < 1.29 is 23.7 Å². The smallest absolute Gasteiger partial charge is 0.268 e. The lowest BCUT2D eigenvalue weighted by molar-refractivity contribution is 0.000125. The molecule has 0 bridgehead atoms. The van der Waals surface area contributed by atoms with Crippen LogP contribution in [0.1, 0.15) is 34.6 Å². The number of hydrogen-bond acceptors (Lipinski definition) is 9. The highest BCUT2D eigenvalue weighted by atomic mass is 32.1. The maximum Gasteiger partial charge on any atom is 0.268 e. The van der Waals surface area contributed by atoms with Crippen molar-refractivity contribution in [2.45, 2.75) is 33.0 Å². The molecule has 0 saturated carbocycles. The van der Waals surface area contributed by atoms with Gasteiger partial charge in [0, 0.05) is 36.5 Å². The fraction of sp³-hybridized carbons (Fsp3) is 0.462. The molecule has 1 aromatic carbocycles. The molecule has 4 heterocycles. The molecule has 1 atom stereocenters. The van der Waals surface area contributed by atoms with Gasteiger partial charge in [0.1, 0.15) is 27.0 Å². The summed E-state index contributed by atoms with van der Waals surface area (Å²) >= 11 is 1.32. The zero-order valence-electron chi connectivity index (χ0n) is 21.1. The molecule has 0 unspecified atom stereocenters. The Morgan fingerprint density at radius 2 is 2.00 bits per heavy atom. The van der Waals surface area contributed by atoms with Crippen LogP contribution in [0.25, 0.3) is 10.2 Å². The van der Waals surface area contributed by atoms with Crippen molar-refractivity contribution in [3.8, 4) is 11.5 Å². The summed E-state index contributed by atoms with van der Waals surface area (Å²) in [6.07, 6.45) is 0.818. The van der Waals surface area contributed by atoms with Gasteiger partial charge in [-0.25, -0.2) is 4.98 Å². The number of nitrogen functional groups attached to an aromatic ring is 1. The number of rotatable bonds is 6. The van der Waals surface area contributed by atoms with Crippen molar-refractivity contribution in [2.24, 2.45) is 5.92 Å². The first-order valence-corrected chi connectivity index (χ1v) is 12.9. The highest BCUT2D eigenvalue weighted by Crippen LogP contribution is 2.43. The van der Waals surface area contributed by atoms with Crippen LogP contribution >= 0.6 is 11.3 Å². The first kappa shape index (κ1) is 24.6. The minimum absolute atomic E-state index is 0.0841. The molecule has 0 spiro atoms. The molecular weight excluding hydrogens is 480 g/mol. The summed E-state index contributed by atoms with van der Waals surface area (Å²) in [7, 11) is 3.13. The van der Waals surface area contributed by atoms with E-state index in [1.165, 1.54) is 11.3 Å². The summed E-state index contributed by atoms with van der Waals surface area (Å²) in [5.74, 6) is 2.11. The number of anilines is 3. The molecule has 192 valence electrons. The fourth-order valence-electron chi connectivity index (χ4n) is 4.79. The molecule has 10 heteroatoms. The zero-order chi connectivity index (χ0) is 25.4. The van der Waals surface area contributed by atoms with Gasteiger partial charge in [0.25, 0.3) is 5.91 Å². The Labute approximate surface area is 214 Å². The number of pyridine rings is 1. The third-order valence-corrected chi connectivity index (χ3v) is 7.93. The minimum Gasteiger partial charge on any atom is -0.497 e. The third-order valence-electron chi connectivity index (χ3n) is 6.83. The monoisotopic (exact) mass is 512 g/mol. The molecular formula is C26H32N4O5S. The number of hydrogen-bond donors (Lipinski definition) is 2. The van der Waals surface area contributed by atoms with E-state index in [0.29, 0.717) is 53.5 Å². The second-order valence-electron chi connectivity index (χ2n) is 9.33. The number of nitrogens with one attached hydrogen (secondary N) is 1. The quantitative estimate of drug-likeness (QED) is 0.509. The van der Waals surface area contributed by atoms with E-state index in [0.717, 1.165) is 46.7 Å². The summed E-state index contributed by atoms with van der Waals surface area (Å²) in [6, 6.07) is 5.24. The van der Waals surface area contributed by atoms with Gasteiger partial charge in [-0.3, -0.25) is 4.79 Å². The second kappa shape index (κ2) is 10.1. The van der Waals surface area contributed by atoms with E-state index in [1.54, 1.807) is 32.4 Å². The van der Waals surface area contributed by atoms with E-state index in [-0.39, 0.29) is 12.0 Å². The first-order valence-electron chi connectivity index (χ1n) is 12.1. The van der Waals surface area contributed by atoms with Gasteiger partial charge >= 0.3 is 0 Å². The number of fused-ring (bicyclic) bond motifs is 3. The molecule has 2 aliphatic heterocycles. The van der Waals surface area contributed by atoms with Crippen LogP contribution in [0.2, 0.25) is 0 Å². The Hall–Kier alpha value is -3.08. The molecule has 2 aromatic heterocycles. The number of morpholine rings is 1. The molecule has 1 amide bonds.